The number of piperidine rings is 1. The van der Waals surface area contributed by atoms with Crippen LogP contribution in [0.15, 0.2) is 0 Å². The van der Waals surface area contributed by atoms with Gasteiger partial charge in [-0.2, -0.15) is 0 Å². The maximum Gasteiger partial charge on any atom is 0.236 e. The van der Waals surface area contributed by atoms with Crippen LogP contribution < -0.4 is 0 Å². The standard InChI is InChI=1S/C19H33N3O3/c1-20(11-12-25-2)14-17(23)22-10-8-19(15-22)7-4-9-21(18(19)24)13-16-5-3-6-16/h16H,3-15H2,1-2H3/t19-/m1/s1. The zero-order chi connectivity index (χ0) is 17.9. The summed E-state index contributed by atoms with van der Waals surface area (Å²) in [7, 11) is 3.61. The molecule has 25 heavy (non-hydrogen) atoms. The van der Waals surface area contributed by atoms with Crippen molar-refractivity contribution in [2.24, 2.45) is 11.3 Å². The average Bonchev–Trinajstić information content (AvgIpc) is 2.98. The number of amides is 2. The van der Waals surface area contributed by atoms with E-state index in [0.717, 1.165) is 45.4 Å². The maximum atomic E-state index is 13.1. The molecule has 3 rings (SSSR count). The molecule has 0 bridgehead atoms. The molecule has 0 unspecified atom stereocenters. The lowest BCUT2D eigenvalue weighted by molar-refractivity contribution is -0.147. The number of likely N-dealkylation sites (N-methyl/N-ethyl adjacent to an activating group) is 1. The Morgan fingerprint density at radius 3 is 2.76 bits per heavy atom. The van der Waals surface area contributed by atoms with Crippen molar-refractivity contribution < 1.29 is 14.3 Å². The largest absolute Gasteiger partial charge is 0.383 e. The van der Waals surface area contributed by atoms with E-state index in [1.165, 1.54) is 19.3 Å². The summed E-state index contributed by atoms with van der Waals surface area (Å²) in [5, 5.41) is 0. The van der Waals surface area contributed by atoms with Gasteiger partial charge >= 0.3 is 0 Å². The number of carbonyl (C=O) groups excluding carboxylic acids is 2. The molecule has 0 aromatic carbocycles. The lowest BCUT2D eigenvalue weighted by Crippen LogP contribution is -2.52. The molecule has 1 aliphatic carbocycles. The van der Waals surface area contributed by atoms with Gasteiger partial charge in [-0.1, -0.05) is 6.42 Å². The molecular formula is C19H33N3O3. The highest BCUT2D eigenvalue weighted by atomic mass is 16.5. The van der Waals surface area contributed by atoms with Crippen LogP contribution in [0, 0.1) is 11.3 Å². The summed E-state index contributed by atoms with van der Waals surface area (Å²) in [5.74, 6) is 1.17. The fourth-order valence-corrected chi connectivity index (χ4v) is 4.43. The summed E-state index contributed by atoms with van der Waals surface area (Å²) in [6, 6.07) is 0. The Kier molecular flexibility index (Phi) is 6.00. The Morgan fingerprint density at radius 2 is 2.08 bits per heavy atom. The highest BCUT2D eigenvalue weighted by Crippen LogP contribution is 2.41. The average molecular weight is 351 g/mol. The quantitative estimate of drug-likeness (QED) is 0.692. The number of rotatable bonds is 7. The minimum Gasteiger partial charge on any atom is -0.383 e. The Balaban J connectivity index is 1.54. The molecule has 0 N–H and O–H groups in total. The van der Waals surface area contributed by atoms with Crippen LogP contribution in [-0.4, -0.2) is 86.5 Å². The van der Waals surface area contributed by atoms with E-state index in [1.54, 1.807) is 7.11 Å². The van der Waals surface area contributed by atoms with Crippen LogP contribution in [0.4, 0.5) is 0 Å². The van der Waals surface area contributed by atoms with Gasteiger partial charge in [0.2, 0.25) is 11.8 Å². The number of hydrogen-bond donors (Lipinski definition) is 0. The fourth-order valence-electron chi connectivity index (χ4n) is 4.43. The Labute approximate surface area is 151 Å². The molecule has 1 atom stereocenters. The van der Waals surface area contributed by atoms with Gasteiger partial charge in [0.15, 0.2) is 0 Å². The number of hydrogen-bond acceptors (Lipinski definition) is 4. The first-order valence-electron chi connectivity index (χ1n) is 9.79. The van der Waals surface area contributed by atoms with Crippen molar-refractivity contribution in [1.29, 1.82) is 0 Å². The molecule has 0 radical (unpaired) electrons. The summed E-state index contributed by atoms with van der Waals surface area (Å²) < 4.78 is 5.06. The monoisotopic (exact) mass is 351 g/mol. The van der Waals surface area contributed by atoms with E-state index in [9.17, 15) is 9.59 Å². The van der Waals surface area contributed by atoms with E-state index in [1.807, 2.05) is 16.8 Å². The molecule has 6 nitrogen and oxygen atoms in total. The van der Waals surface area contributed by atoms with Crippen LogP contribution in [0.25, 0.3) is 0 Å². The topological polar surface area (TPSA) is 53.1 Å². The van der Waals surface area contributed by atoms with Gasteiger partial charge in [0.25, 0.3) is 0 Å². The molecule has 3 fully saturated rings. The van der Waals surface area contributed by atoms with Crippen LogP contribution in [0.3, 0.4) is 0 Å². The van der Waals surface area contributed by atoms with Crippen molar-refractivity contribution in [3.8, 4) is 0 Å². The second kappa shape index (κ2) is 8.04. The first kappa shape index (κ1) is 18.6. The highest BCUT2D eigenvalue weighted by molar-refractivity contribution is 5.86. The Bertz CT molecular complexity index is 494. The molecule has 142 valence electrons. The smallest absolute Gasteiger partial charge is 0.236 e. The zero-order valence-electron chi connectivity index (χ0n) is 15.8. The van der Waals surface area contributed by atoms with Gasteiger partial charge < -0.3 is 14.5 Å². The van der Waals surface area contributed by atoms with Gasteiger partial charge in [-0.25, -0.2) is 0 Å². The number of nitrogens with zero attached hydrogens (tertiary/aromatic N) is 3. The normalized spacial score (nSPS) is 27.4. The van der Waals surface area contributed by atoms with E-state index in [4.69, 9.17) is 4.74 Å². The van der Waals surface area contributed by atoms with Gasteiger partial charge in [0, 0.05) is 39.8 Å². The summed E-state index contributed by atoms with van der Waals surface area (Å²) in [4.78, 5) is 31.7. The van der Waals surface area contributed by atoms with Crippen molar-refractivity contribution >= 4 is 11.8 Å². The van der Waals surface area contributed by atoms with Gasteiger partial charge in [0.05, 0.1) is 18.6 Å². The van der Waals surface area contributed by atoms with Crippen molar-refractivity contribution in [3.05, 3.63) is 0 Å². The summed E-state index contributed by atoms with van der Waals surface area (Å²) in [6.45, 7) is 4.96. The van der Waals surface area contributed by atoms with Gasteiger partial charge in [0.1, 0.15) is 0 Å². The number of likely N-dealkylation sites (tertiary alicyclic amines) is 2. The SMILES string of the molecule is COCCN(C)CC(=O)N1CC[C@]2(CCCN(CC3CCC3)C2=O)C1. The molecule has 2 amide bonds. The first-order valence-corrected chi connectivity index (χ1v) is 9.79. The zero-order valence-corrected chi connectivity index (χ0v) is 15.8. The molecule has 0 aromatic heterocycles. The van der Waals surface area contributed by atoms with E-state index < -0.39 is 0 Å². The molecule has 2 aliphatic heterocycles. The summed E-state index contributed by atoms with van der Waals surface area (Å²) in [6.07, 6.45) is 6.71. The lowest BCUT2D eigenvalue weighted by atomic mass is 9.77. The van der Waals surface area contributed by atoms with E-state index in [0.29, 0.717) is 31.5 Å². The van der Waals surface area contributed by atoms with Crippen molar-refractivity contribution in [2.75, 3.05) is 60.0 Å². The van der Waals surface area contributed by atoms with Crippen LogP contribution >= 0.6 is 0 Å². The number of carbonyl (C=O) groups is 2. The third-order valence-corrected chi connectivity index (χ3v) is 6.32. The molecule has 1 spiro atoms. The van der Waals surface area contributed by atoms with E-state index in [2.05, 4.69) is 4.90 Å². The molecule has 1 saturated carbocycles. The van der Waals surface area contributed by atoms with Crippen molar-refractivity contribution in [3.63, 3.8) is 0 Å². The van der Waals surface area contributed by atoms with Crippen LogP contribution in [0.2, 0.25) is 0 Å². The Morgan fingerprint density at radius 1 is 1.28 bits per heavy atom. The number of methoxy groups -OCH3 is 1. The molecule has 2 saturated heterocycles. The minimum absolute atomic E-state index is 0.138. The molecular weight excluding hydrogens is 318 g/mol. The van der Waals surface area contributed by atoms with Crippen molar-refractivity contribution in [1.82, 2.24) is 14.7 Å². The molecule has 3 aliphatic rings. The predicted octanol–water partition coefficient (Wildman–Crippen LogP) is 1.21. The number of ether oxygens (including phenoxy) is 1. The second-order valence-electron chi connectivity index (χ2n) is 8.23. The van der Waals surface area contributed by atoms with Crippen molar-refractivity contribution in [2.45, 2.75) is 38.5 Å². The summed E-state index contributed by atoms with van der Waals surface area (Å²) in [5.41, 5.74) is -0.303. The second-order valence-corrected chi connectivity index (χ2v) is 8.23. The van der Waals surface area contributed by atoms with Gasteiger partial charge in [-0.15, -0.1) is 0 Å². The molecule has 6 heteroatoms. The predicted molar refractivity (Wildman–Crippen MR) is 96.2 cm³/mol. The highest BCUT2D eigenvalue weighted by Gasteiger charge is 2.49. The lowest BCUT2D eigenvalue weighted by Gasteiger charge is -2.42. The minimum atomic E-state index is -0.303. The van der Waals surface area contributed by atoms with E-state index in [-0.39, 0.29) is 11.3 Å². The van der Waals surface area contributed by atoms with Gasteiger partial charge in [-0.05, 0) is 45.1 Å². The first-order chi connectivity index (χ1) is 12.0. The van der Waals surface area contributed by atoms with Crippen LogP contribution in [-0.2, 0) is 14.3 Å². The third kappa shape index (κ3) is 4.17. The molecule has 2 heterocycles. The van der Waals surface area contributed by atoms with Crippen LogP contribution in [0.1, 0.15) is 38.5 Å². The Hall–Kier alpha value is -1.14. The van der Waals surface area contributed by atoms with Crippen LogP contribution in [0.5, 0.6) is 0 Å². The third-order valence-electron chi connectivity index (χ3n) is 6.32. The molecule has 0 aromatic rings. The van der Waals surface area contributed by atoms with Gasteiger partial charge in [-0.3, -0.25) is 14.5 Å². The van der Waals surface area contributed by atoms with E-state index >= 15 is 0 Å². The fraction of sp³-hybridized carbons (Fsp3) is 0.895. The maximum absolute atomic E-state index is 13.1. The summed E-state index contributed by atoms with van der Waals surface area (Å²) >= 11 is 0.